The molecule has 1 heterocycles. The van der Waals surface area contributed by atoms with Crippen LogP contribution in [0.4, 0.5) is 5.82 Å². The van der Waals surface area contributed by atoms with E-state index in [0.29, 0.717) is 6.61 Å². The summed E-state index contributed by atoms with van der Waals surface area (Å²) >= 11 is 5.95. The van der Waals surface area contributed by atoms with Gasteiger partial charge in [0.25, 0.3) is 0 Å². The van der Waals surface area contributed by atoms with Gasteiger partial charge in [0, 0.05) is 17.5 Å². The molecule has 4 heteroatoms. The van der Waals surface area contributed by atoms with Gasteiger partial charge in [-0.1, -0.05) is 41.9 Å². The zero-order valence-electron chi connectivity index (χ0n) is 12.3. The topological polar surface area (TPSA) is 34.1 Å². The second-order valence-electron chi connectivity index (χ2n) is 5.09. The van der Waals surface area contributed by atoms with Crippen LogP contribution in [0.5, 0.6) is 0 Å². The molecular formula is C18H17ClN2O. The number of aromatic nitrogens is 1. The second-order valence-corrected chi connectivity index (χ2v) is 5.53. The van der Waals surface area contributed by atoms with Crippen LogP contribution in [-0.4, -0.2) is 18.7 Å². The molecule has 3 aromatic rings. The third kappa shape index (κ3) is 3.38. The van der Waals surface area contributed by atoms with Gasteiger partial charge in [-0.05, 0) is 35.9 Å². The number of hydrogen-bond donors (Lipinski definition) is 1. The first-order valence-electron chi connectivity index (χ1n) is 7.13. The highest BCUT2D eigenvalue weighted by atomic mass is 35.5. The number of para-hydroxylation sites is 1. The molecule has 0 amide bonds. The molecule has 3 nitrogen and oxygen atoms in total. The van der Waals surface area contributed by atoms with E-state index >= 15 is 0 Å². The van der Waals surface area contributed by atoms with Gasteiger partial charge in [-0.15, -0.1) is 0 Å². The van der Waals surface area contributed by atoms with Gasteiger partial charge < -0.3 is 10.1 Å². The predicted octanol–water partition coefficient (Wildman–Crippen LogP) is 4.69. The number of hydrogen-bond acceptors (Lipinski definition) is 3. The Balaban J connectivity index is 1.86. The van der Waals surface area contributed by atoms with E-state index in [0.717, 1.165) is 27.3 Å². The number of fused-ring (bicyclic) bond motifs is 1. The Morgan fingerprint density at radius 1 is 1.05 bits per heavy atom. The van der Waals surface area contributed by atoms with E-state index in [1.54, 1.807) is 7.11 Å². The molecule has 0 spiro atoms. The van der Waals surface area contributed by atoms with Crippen LogP contribution in [0.2, 0.25) is 5.02 Å². The van der Waals surface area contributed by atoms with E-state index in [-0.39, 0.29) is 6.04 Å². The monoisotopic (exact) mass is 312 g/mol. The number of nitrogens with zero attached hydrogens (tertiary/aromatic N) is 1. The van der Waals surface area contributed by atoms with Crippen LogP contribution in [0.1, 0.15) is 11.6 Å². The molecule has 0 aliphatic rings. The number of nitrogens with one attached hydrogen (secondary N) is 1. The van der Waals surface area contributed by atoms with Crippen molar-refractivity contribution in [2.75, 3.05) is 19.0 Å². The number of benzene rings is 2. The Morgan fingerprint density at radius 2 is 1.82 bits per heavy atom. The van der Waals surface area contributed by atoms with Crippen LogP contribution in [0.15, 0.2) is 60.7 Å². The van der Waals surface area contributed by atoms with Crippen molar-refractivity contribution in [1.29, 1.82) is 0 Å². The van der Waals surface area contributed by atoms with Gasteiger partial charge in [0.05, 0.1) is 18.2 Å². The molecule has 112 valence electrons. The molecule has 1 atom stereocenters. The summed E-state index contributed by atoms with van der Waals surface area (Å²) in [5, 5.41) is 5.28. The molecule has 3 rings (SSSR count). The van der Waals surface area contributed by atoms with Crippen molar-refractivity contribution < 1.29 is 4.74 Å². The summed E-state index contributed by atoms with van der Waals surface area (Å²) in [5.74, 6) is 0.829. The Bertz CT molecular complexity index is 758. The summed E-state index contributed by atoms with van der Waals surface area (Å²) in [6.45, 7) is 0.552. The fraction of sp³-hybridized carbons (Fsp3) is 0.167. The SMILES string of the molecule is COCC(Nc1ccc2ccccc2n1)c1ccc(Cl)cc1. The minimum absolute atomic E-state index is 0.0240. The average Bonchev–Trinajstić information content (AvgIpc) is 2.55. The van der Waals surface area contributed by atoms with Crippen molar-refractivity contribution in [3.8, 4) is 0 Å². The molecule has 0 aliphatic heterocycles. The van der Waals surface area contributed by atoms with E-state index in [1.807, 2.05) is 48.5 Å². The van der Waals surface area contributed by atoms with Crippen LogP contribution in [0.25, 0.3) is 10.9 Å². The Labute approximate surface area is 134 Å². The van der Waals surface area contributed by atoms with Gasteiger partial charge in [0.1, 0.15) is 5.82 Å². The molecule has 0 saturated carbocycles. The smallest absolute Gasteiger partial charge is 0.127 e. The van der Waals surface area contributed by atoms with Crippen LogP contribution in [-0.2, 0) is 4.74 Å². The van der Waals surface area contributed by atoms with Crippen molar-refractivity contribution in [2.24, 2.45) is 0 Å². The fourth-order valence-electron chi connectivity index (χ4n) is 2.41. The summed E-state index contributed by atoms with van der Waals surface area (Å²) in [4.78, 5) is 4.65. The second kappa shape index (κ2) is 6.77. The lowest BCUT2D eigenvalue weighted by Crippen LogP contribution is -2.16. The van der Waals surface area contributed by atoms with Crippen LogP contribution < -0.4 is 5.32 Å². The molecule has 0 radical (unpaired) electrons. The molecule has 1 unspecified atom stereocenters. The molecule has 1 aromatic heterocycles. The first-order valence-corrected chi connectivity index (χ1v) is 7.51. The van der Waals surface area contributed by atoms with Gasteiger partial charge in [-0.25, -0.2) is 4.98 Å². The largest absolute Gasteiger partial charge is 0.382 e. The van der Waals surface area contributed by atoms with Gasteiger partial charge in [0.2, 0.25) is 0 Å². The first kappa shape index (κ1) is 14.8. The highest BCUT2D eigenvalue weighted by molar-refractivity contribution is 6.30. The molecular weight excluding hydrogens is 296 g/mol. The molecule has 2 aromatic carbocycles. The third-order valence-electron chi connectivity index (χ3n) is 3.53. The predicted molar refractivity (Wildman–Crippen MR) is 91.4 cm³/mol. The van der Waals surface area contributed by atoms with Crippen molar-refractivity contribution in [3.63, 3.8) is 0 Å². The first-order chi connectivity index (χ1) is 10.8. The number of ether oxygens (including phenoxy) is 1. The van der Waals surface area contributed by atoms with Crippen molar-refractivity contribution in [3.05, 3.63) is 71.2 Å². The average molecular weight is 313 g/mol. The van der Waals surface area contributed by atoms with Gasteiger partial charge in [0.15, 0.2) is 0 Å². The quantitative estimate of drug-likeness (QED) is 0.742. The van der Waals surface area contributed by atoms with Crippen LogP contribution in [0.3, 0.4) is 0 Å². The lowest BCUT2D eigenvalue weighted by molar-refractivity contribution is 0.186. The fourth-order valence-corrected chi connectivity index (χ4v) is 2.53. The van der Waals surface area contributed by atoms with Gasteiger partial charge in [-0.3, -0.25) is 0 Å². The van der Waals surface area contributed by atoms with Gasteiger partial charge >= 0.3 is 0 Å². The standard InChI is InChI=1S/C18H17ClN2O/c1-22-12-17(14-6-9-15(19)10-7-14)21-18-11-8-13-4-2-3-5-16(13)20-18/h2-11,17H,12H2,1H3,(H,20,21). The highest BCUT2D eigenvalue weighted by Crippen LogP contribution is 2.22. The molecule has 0 fully saturated rings. The zero-order chi connectivity index (χ0) is 15.4. The lowest BCUT2D eigenvalue weighted by Gasteiger charge is -2.19. The number of halogens is 1. The van der Waals surface area contributed by atoms with E-state index < -0.39 is 0 Å². The lowest BCUT2D eigenvalue weighted by atomic mass is 10.1. The maximum atomic E-state index is 5.95. The van der Waals surface area contributed by atoms with Crippen molar-refractivity contribution in [1.82, 2.24) is 4.98 Å². The third-order valence-corrected chi connectivity index (χ3v) is 3.78. The maximum absolute atomic E-state index is 5.95. The molecule has 0 bridgehead atoms. The number of anilines is 1. The van der Waals surface area contributed by atoms with Crippen LogP contribution >= 0.6 is 11.6 Å². The minimum atomic E-state index is 0.0240. The Morgan fingerprint density at radius 3 is 2.59 bits per heavy atom. The minimum Gasteiger partial charge on any atom is -0.382 e. The Hall–Kier alpha value is -2.10. The molecule has 1 N–H and O–H groups in total. The van der Waals surface area contributed by atoms with Crippen LogP contribution in [0, 0.1) is 0 Å². The number of methoxy groups -OCH3 is 1. The highest BCUT2D eigenvalue weighted by Gasteiger charge is 2.12. The van der Waals surface area contributed by atoms with E-state index in [4.69, 9.17) is 16.3 Å². The van der Waals surface area contributed by atoms with E-state index in [1.165, 1.54) is 0 Å². The van der Waals surface area contributed by atoms with Gasteiger partial charge in [-0.2, -0.15) is 0 Å². The summed E-state index contributed by atoms with van der Waals surface area (Å²) in [7, 11) is 1.69. The molecule has 22 heavy (non-hydrogen) atoms. The maximum Gasteiger partial charge on any atom is 0.127 e. The Kier molecular flexibility index (Phi) is 4.56. The summed E-state index contributed by atoms with van der Waals surface area (Å²) in [6.07, 6.45) is 0. The number of pyridine rings is 1. The molecule has 0 saturated heterocycles. The zero-order valence-corrected chi connectivity index (χ0v) is 13.0. The summed E-state index contributed by atoms with van der Waals surface area (Å²) in [5.41, 5.74) is 2.08. The van der Waals surface area contributed by atoms with Crippen molar-refractivity contribution >= 4 is 28.3 Å². The van der Waals surface area contributed by atoms with E-state index in [9.17, 15) is 0 Å². The normalized spacial score (nSPS) is 12.3. The van der Waals surface area contributed by atoms with Crippen molar-refractivity contribution in [2.45, 2.75) is 6.04 Å². The summed E-state index contributed by atoms with van der Waals surface area (Å²) < 4.78 is 5.33. The van der Waals surface area contributed by atoms with E-state index in [2.05, 4.69) is 22.4 Å². The number of rotatable bonds is 5. The summed E-state index contributed by atoms with van der Waals surface area (Å²) in [6, 6.07) is 19.9. The molecule has 0 aliphatic carbocycles.